The van der Waals surface area contributed by atoms with Crippen molar-refractivity contribution in [3.8, 4) is 0 Å². The molecule has 114 valence electrons. The molecule has 0 bridgehead atoms. The summed E-state index contributed by atoms with van der Waals surface area (Å²) >= 11 is 0. The van der Waals surface area contributed by atoms with Gasteiger partial charge < -0.3 is 5.73 Å². The van der Waals surface area contributed by atoms with E-state index in [4.69, 9.17) is 5.73 Å². The van der Waals surface area contributed by atoms with Gasteiger partial charge in [0.25, 0.3) is 0 Å². The Labute approximate surface area is 130 Å². The molecule has 0 amide bonds. The number of halogens is 1. The number of allylic oxidation sites excluding steroid dienone is 1. The normalized spacial score (nSPS) is 14.4. The molecule has 2 atom stereocenters. The minimum absolute atomic E-state index is 0. The molecule has 0 saturated heterocycles. The molecule has 2 unspecified atom stereocenters. The molecule has 0 aliphatic rings. The van der Waals surface area contributed by atoms with Gasteiger partial charge in [-0.15, -0.1) is 17.0 Å². The largest absolute Gasteiger partial charge is 0.325 e. The van der Waals surface area contributed by atoms with Crippen molar-refractivity contribution in [2.75, 3.05) is 0 Å². The van der Waals surface area contributed by atoms with Gasteiger partial charge in [0, 0.05) is 11.5 Å². The standard InChI is InChI=1S/C16H31NO.BrH/c1-7-8-9-10-11-14(16(5,6)17)13(4)15(18)12(2)3;/h13-14H,2,7-11,17H2,1,3-6H3;1H. The van der Waals surface area contributed by atoms with E-state index in [1.165, 1.54) is 19.3 Å². The Bertz CT molecular complexity index is 281. The van der Waals surface area contributed by atoms with Crippen LogP contribution in [-0.2, 0) is 4.79 Å². The van der Waals surface area contributed by atoms with Gasteiger partial charge in [0.1, 0.15) is 0 Å². The van der Waals surface area contributed by atoms with Crippen molar-refractivity contribution in [2.24, 2.45) is 17.6 Å². The lowest BCUT2D eigenvalue weighted by Gasteiger charge is -2.35. The van der Waals surface area contributed by atoms with Gasteiger partial charge in [0.05, 0.1) is 0 Å². The van der Waals surface area contributed by atoms with Crippen molar-refractivity contribution >= 4 is 22.8 Å². The number of hydrogen-bond donors (Lipinski definition) is 1. The van der Waals surface area contributed by atoms with Gasteiger partial charge >= 0.3 is 0 Å². The van der Waals surface area contributed by atoms with Crippen molar-refractivity contribution in [2.45, 2.75) is 72.3 Å². The molecule has 0 spiro atoms. The second-order valence-corrected chi connectivity index (χ2v) is 6.21. The Kier molecular flexibility index (Phi) is 10.8. The monoisotopic (exact) mass is 333 g/mol. The van der Waals surface area contributed by atoms with Crippen LogP contribution in [0.3, 0.4) is 0 Å². The van der Waals surface area contributed by atoms with Crippen LogP contribution >= 0.6 is 17.0 Å². The molecule has 3 heteroatoms. The van der Waals surface area contributed by atoms with Crippen LogP contribution in [0, 0.1) is 11.8 Å². The van der Waals surface area contributed by atoms with Crippen molar-refractivity contribution in [1.29, 1.82) is 0 Å². The summed E-state index contributed by atoms with van der Waals surface area (Å²) in [6.45, 7) is 13.8. The molecule has 0 aliphatic heterocycles. The van der Waals surface area contributed by atoms with Crippen LogP contribution in [0.5, 0.6) is 0 Å². The van der Waals surface area contributed by atoms with Crippen LogP contribution < -0.4 is 5.73 Å². The van der Waals surface area contributed by atoms with E-state index >= 15 is 0 Å². The van der Waals surface area contributed by atoms with Crippen molar-refractivity contribution in [3.63, 3.8) is 0 Å². The summed E-state index contributed by atoms with van der Waals surface area (Å²) in [6, 6.07) is 0. The van der Waals surface area contributed by atoms with E-state index in [0.29, 0.717) is 5.57 Å². The second-order valence-electron chi connectivity index (χ2n) is 6.21. The number of carbonyl (C=O) groups excluding carboxylic acids is 1. The summed E-state index contributed by atoms with van der Waals surface area (Å²) in [4.78, 5) is 12.1. The lowest BCUT2D eigenvalue weighted by molar-refractivity contribution is -0.121. The molecule has 0 saturated carbocycles. The third kappa shape index (κ3) is 7.88. The predicted octanol–water partition coefficient (Wildman–Crippen LogP) is 4.67. The van der Waals surface area contributed by atoms with E-state index in [-0.39, 0.29) is 40.1 Å². The molecule has 0 rings (SSSR count). The number of nitrogens with two attached hydrogens (primary N) is 1. The Hall–Kier alpha value is -0.150. The zero-order chi connectivity index (χ0) is 14.3. The van der Waals surface area contributed by atoms with Gasteiger partial charge in [-0.25, -0.2) is 0 Å². The molecule has 2 nitrogen and oxygen atoms in total. The van der Waals surface area contributed by atoms with Crippen molar-refractivity contribution in [3.05, 3.63) is 12.2 Å². The molecule has 0 heterocycles. The van der Waals surface area contributed by atoms with Crippen LogP contribution in [0.15, 0.2) is 12.2 Å². The fourth-order valence-electron chi connectivity index (χ4n) is 2.63. The smallest absolute Gasteiger partial charge is 0.161 e. The summed E-state index contributed by atoms with van der Waals surface area (Å²) in [5.74, 6) is 0.372. The maximum absolute atomic E-state index is 12.1. The van der Waals surface area contributed by atoms with E-state index < -0.39 is 0 Å². The fraction of sp³-hybridized carbons (Fsp3) is 0.812. The average molecular weight is 334 g/mol. The molecule has 2 N–H and O–H groups in total. The summed E-state index contributed by atoms with van der Waals surface area (Å²) in [5, 5.41) is 0. The molecular formula is C16H32BrNO. The first kappa shape index (κ1) is 21.2. The molecular weight excluding hydrogens is 302 g/mol. The van der Waals surface area contributed by atoms with Crippen LogP contribution in [-0.4, -0.2) is 11.3 Å². The number of carbonyl (C=O) groups is 1. The van der Waals surface area contributed by atoms with Crippen LogP contribution in [0.4, 0.5) is 0 Å². The number of ketones is 1. The zero-order valence-electron chi connectivity index (χ0n) is 13.3. The highest BCUT2D eigenvalue weighted by molar-refractivity contribution is 8.93. The third-order valence-corrected chi connectivity index (χ3v) is 3.76. The minimum atomic E-state index is -0.309. The van der Waals surface area contributed by atoms with E-state index in [1.807, 2.05) is 20.8 Å². The Morgan fingerprint density at radius 2 is 1.79 bits per heavy atom. The maximum Gasteiger partial charge on any atom is 0.161 e. The van der Waals surface area contributed by atoms with E-state index in [1.54, 1.807) is 6.92 Å². The van der Waals surface area contributed by atoms with Crippen LogP contribution in [0.1, 0.15) is 66.7 Å². The second kappa shape index (κ2) is 9.71. The van der Waals surface area contributed by atoms with E-state index in [0.717, 1.165) is 12.8 Å². The highest BCUT2D eigenvalue weighted by atomic mass is 79.9. The van der Waals surface area contributed by atoms with Gasteiger partial charge in [0.2, 0.25) is 0 Å². The zero-order valence-corrected chi connectivity index (χ0v) is 15.0. The molecule has 0 aliphatic carbocycles. The van der Waals surface area contributed by atoms with E-state index in [2.05, 4.69) is 13.5 Å². The third-order valence-electron chi connectivity index (χ3n) is 3.76. The maximum atomic E-state index is 12.1. The molecule has 0 fully saturated rings. The SMILES string of the molecule is Br.C=C(C)C(=O)C(C)C(CCCCCC)C(C)(C)N. The predicted molar refractivity (Wildman–Crippen MR) is 89.8 cm³/mol. The van der Waals surface area contributed by atoms with Crippen molar-refractivity contribution in [1.82, 2.24) is 0 Å². The lowest BCUT2D eigenvalue weighted by Crippen LogP contribution is -2.46. The number of unbranched alkanes of at least 4 members (excludes halogenated alkanes) is 3. The first-order chi connectivity index (χ1) is 8.21. The van der Waals surface area contributed by atoms with Gasteiger partial charge in [-0.2, -0.15) is 0 Å². The van der Waals surface area contributed by atoms with Crippen LogP contribution in [0.2, 0.25) is 0 Å². The van der Waals surface area contributed by atoms with Gasteiger partial charge in [0.15, 0.2) is 5.78 Å². The highest BCUT2D eigenvalue weighted by Gasteiger charge is 2.33. The van der Waals surface area contributed by atoms with Crippen molar-refractivity contribution < 1.29 is 4.79 Å². The first-order valence-electron chi connectivity index (χ1n) is 7.20. The van der Waals surface area contributed by atoms with Gasteiger partial charge in [-0.05, 0) is 38.7 Å². The topological polar surface area (TPSA) is 43.1 Å². The van der Waals surface area contributed by atoms with Gasteiger partial charge in [-0.3, -0.25) is 4.79 Å². The fourth-order valence-corrected chi connectivity index (χ4v) is 2.63. The molecule has 19 heavy (non-hydrogen) atoms. The first-order valence-corrected chi connectivity index (χ1v) is 7.20. The summed E-state index contributed by atoms with van der Waals surface area (Å²) in [6.07, 6.45) is 5.92. The number of Topliss-reactive ketones (excluding diaryl/α,β-unsaturated/α-hetero) is 1. The highest BCUT2D eigenvalue weighted by Crippen LogP contribution is 2.30. The molecule has 0 aromatic rings. The summed E-state index contributed by atoms with van der Waals surface area (Å²) in [7, 11) is 0. The molecule has 0 aromatic carbocycles. The average Bonchev–Trinajstić information content (AvgIpc) is 2.25. The van der Waals surface area contributed by atoms with Gasteiger partial charge in [-0.1, -0.05) is 46.1 Å². The molecule has 0 radical (unpaired) electrons. The Morgan fingerprint density at radius 3 is 2.16 bits per heavy atom. The quantitative estimate of drug-likeness (QED) is 0.492. The molecule has 0 aromatic heterocycles. The summed E-state index contributed by atoms with van der Waals surface area (Å²) < 4.78 is 0. The number of hydrogen-bond acceptors (Lipinski definition) is 2. The lowest BCUT2D eigenvalue weighted by atomic mass is 9.73. The number of rotatable bonds is 9. The van der Waals surface area contributed by atoms with E-state index in [9.17, 15) is 4.79 Å². The summed E-state index contributed by atoms with van der Waals surface area (Å²) in [5.41, 5.74) is 6.59. The van der Waals surface area contributed by atoms with Crippen LogP contribution in [0.25, 0.3) is 0 Å². The Balaban J connectivity index is 0. The Morgan fingerprint density at radius 1 is 1.26 bits per heavy atom. The minimum Gasteiger partial charge on any atom is -0.325 e.